The lowest BCUT2D eigenvalue weighted by Crippen LogP contribution is -2.48. The van der Waals surface area contributed by atoms with Crippen LogP contribution in [0.25, 0.3) is 0 Å². The van der Waals surface area contributed by atoms with Gasteiger partial charge in [-0.15, -0.1) is 11.3 Å². The summed E-state index contributed by atoms with van der Waals surface area (Å²) in [5.74, 6) is 0.173. The van der Waals surface area contributed by atoms with Gasteiger partial charge in [0.05, 0.1) is 4.88 Å². The van der Waals surface area contributed by atoms with Gasteiger partial charge >= 0.3 is 0 Å². The van der Waals surface area contributed by atoms with Crippen molar-refractivity contribution in [3.05, 3.63) is 46.4 Å². The minimum absolute atomic E-state index is 0.173. The number of thiophene rings is 1. The van der Waals surface area contributed by atoms with Crippen LogP contribution < -0.4 is 4.90 Å². The maximum Gasteiger partial charge on any atom is 0.264 e. The van der Waals surface area contributed by atoms with E-state index >= 15 is 0 Å². The van der Waals surface area contributed by atoms with Crippen molar-refractivity contribution < 1.29 is 4.79 Å². The third kappa shape index (κ3) is 2.54. The van der Waals surface area contributed by atoms with Crippen LogP contribution in [-0.2, 0) is 0 Å². The molecule has 0 N–H and O–H groups in total. The van der Waals surface area contributed by atoms with Crippen LogP contribution in [0.3, 0.4) is 0 Å². The Morgan fingerprint density at radius 3 is 2.45 bits per heavy atom. The van der Waals surface area contributed by atoms with Crippen LogP contribution in [0.1, 0.15) is 15.2 Å². The molecule has 4 nitrogen and oxygen atoms in total. The number of aryl methyl sites for hydroxylation is 1. The standard InChI is InChI=1S/C15H17N3OS/c1-12-4-11-20-14(12)15(19)18-9-7-17(8-10-18)13-2-5-16-6-3-13/h2-6,11H,7-10H2,1H3. The molecule has 0 spiro atoms. The fourth-order valence-corrected chi connectivity index (χ4v) is 3.35. The molecule has 1 amide bonds. The van der Waals surface area contributed by atoms with Gasteiger partial charge in [-0.05, 0) is 36.1 Å². The molecule has 1 aliphatic rings. The van der Waals surface area contributed by atoms with Crippen LogP contribution in [-0.4, -0.2) is 42.0 Å². The van der Waals surface area contributed by atoms with E-state index in [4.69, 9.17) is 0 Å². The molecule has 2 aromatic rings. The number of hydrogen-bond donors (Lipinski definition) is 0. The number of piperazine rings is 1. The van der Waals surface area contributed by atoms with E-state index in [1.807, 2.05) is 47.8 Å². The van der Waals surface area contributed by atoms with Gasteiger partial charge in [0.2, 0.25) is 0 Å². The molecular formula is C15H17N3OS. The molecule has 0 bridgehead atoms. The topological polar surface area (TPSA) is 36.4 Å². The number of amides is 1. The summed E-state index contributed by atoms with van der Waals surface area (Å²) in [5.41, 5.74) is 2.26. The molecule has 104 valence electrons. The number of rotatable bonds is 2. The van der Waals surface area contributed by atoms with Gasteiger partial charge in [-0.1, -0.05) is 0 Å². The summed E-state index contributed by atoms with van der Waals surface area (Å²) in [4.78, 5) is 21.6. The van der Waals surface area contributed by atoms with Crippen LogP contribution in [0, 0.1) is 6.92 Å². The molecule has 2 aromatic heterocycles. The van der Waals surface area contributed by atoms with Crippen molar-refractivity contribution in [2.45, 2.75) is 6.92 Å². The first-order chi connectivity index (χ1) is 9.75. The van der Waals surface area contributed by atoms with Gasteiger partial charge in [-0.2, -0.15) is 0 Å². The van der Waals surface area contributed by atoms with Crippen LogP contribution in [0.5, 0.6) is 0 Å². The van der Waals surface area contributed by atoms with Crippen LogP contribution >= 0.6 is 11.3 Å². The molecule has 0 saturated carbocycles. The van der Waals surface area contributed by atoms with Gasteiger partial charge in [0.1, 0.15) is 0 Å². The van der Waals surface area contributed by atoms with Crippen molar-refractivity contribution >= 4 is 22.9 Å². The van der Waals surface area contributed by atoms with Crippen LogP contribution in [0.15, 0.2) is 36.0 Å². The maximum absolute atomic E-state index is 12.4. The molecule has 0 aliphatic carbocycles. The molecule has 0 atom stereocenters. The van der Waals surface area contributed by atoms with E-state index in [0.29, 0.717) is 0 Å². The average Bonchev–Trinajstić information content (AvgIpc) is 2.94. The Morgan fingerprint density at radius 2 is 1.85 bits per heavy atom. The lowest BCUT2D eigenvalue weighted by molar-refractivity contribution is 0.0751. The van der Waals surface area contributed by atoms with Crippen molar-refractivity contribution in [1.82, 2.24) is 9.88 Å². The summed E-state index contributed by atoms with van der Waals surface area (Å²) in [7, 11) is 0. The second kappa shape index (κ2) is 5.63. The largest absolute Gasteiger partial charge is 0.368 e. The molecule has 1 fully saturated rings. The maximum atomic E-state index is 12.4. The highest BCUT2D eigenvalue weighted by Crippen LogP contribution is 2.20. The summed E-state index contributed by atoms with van der Waals surface area (Å²) in [6, 6.07) is 6.03. The number of carbonyl (C=O) groups excluding carboxylic acids is 1. The SMILES string of the molecule is Cc1ccsc1C(=O)N1CCN(c2ccncc2)CC1. The smallest absolute Gasteiger partial charge is 0.264 e. The van der Waals surface area contributed by atoms with Gasteiger partial charge in [0.15, 0.2) is 0 Å². The number of carbonyl (C=O) groups is 1. The summed E-state index contributed by atoms with van der Waals surface area (Å²) in [6.07, 6.45) is 3.61. The van der Waals surface area contributed by atoms with E-state index < -0.39 is 0 Å². The van der Waals surface area contributed by atoms with Gasteiger partial charge in [0.25, 0.3) is 5.91 Å². The second-order valence-corrected chi connectivity index (χ2v) is 5.83. The second-order valence-electron chi connectivity index (χ2n) is 4.92. The van der Waals surface area contributed by atoms with Gasteiger partial charge in [-0.3, -0.25) is 9.78 Å². The molecule has 3 heterocycles. The van der Waals surface area contributed by atoms with Crippen LogP contribution in [0.2, 0.25) is 0 Å². The number of nitrogens with zero attached hydrogens (tertiary/aromatic N) is 3. The number of hydrogen-bond acceptors (Lipinski definition) is 4. The van der Waals surface area contributed by atoms with Gasteiger partial charge in [0, 0.05) is 44.3 Å². The first kappa shape index (κ1) is 13.1. The molecule has 3 rings (SSSR count). The van der Waals surface area contributed by atoms with E-state index in [-0.39, 0.29) is 5.91 Å². The molecule has 20 heavy (non-hydrogen) atoms. The molecule has 0 unspecified atom stereocenters. The zero-order chi connectivity index (χ0) is 13.9. The summed E-state index contributed by atoms with van der Waals surface area (Å²) in [6.45, 7) is 5.30. The van der Waals surface area contributed by atoms with Crippen molar-refractivity contribution in [1.29, 1.82) is 0 Å². The Morgan fingerprint density at radius 1 is 1.15 bits per heavy atom. The van der Waals surface area contributed by atoms with Crippen molar-refractivity contribution in [2.75, 3.05) is 31.1 Å². The summed E-state index contributed by atoms with van der Waals surface area (Å²) >= 11 is 1.54. The van der Waals surface area contributed by atoms with Crippen molar-refractivity contribution in [3.63, 3.8) is 0 Å². The lowest BCUT2D eigenvalue weighted by Gasteiger charge is -2.36. The zero-order valence-corrected chi connectivity index (χ0v) is 12.3. The Hall–Kier alpha value is -1.88. The van der Waals surface area contributed by atoms with E-state index in [2.05, 4.69) is 9.88 Å². The normalized spacial score (nSPS) is 15.4. The predicted octanol–water partition coefficient (Wildman–Crippen LogP) is 2.41. The Balaban J connectivity index is 1.64. The van der Waals surface area contributed by atoms with E-state index in [1.54, 1.807) is 0 Å². The van der Waals surface area contributed by atoms with Gasteiger partial charge < -0.3 is 9.80 Å². The number of anilines is 1. The third-order valence-corrected chi connectivity index (χ3v) is 4.66. The highest BCUT2D eigenvalue weighted by atomic mass is 32.1. The number of aromatic nitrogens is 1. The highest BCUT2D eigenvalue weighted by molar-refractivity contribution is 7.12. The van der Waals surface area contributed by atoms with Crippen molar-refractivity contribution in [3.8, 4) is 0 Å². The first-order valence-corrected chi connectivity index (χ1v) is 7.62. The quantitative estimate of drug-likeness (QED) is 0.851. The molecule has 0 radical (unpaired) electrons. The monoisotopic (exact) mass is 287 g/mol. The zero-order valence-electron chi connectivity index (χ0n) is 11.5. The van der Waals surface area contributed by atoms with E-state index in [9.17, 15) is 4.79 Å². The molecule has 1 saturated heterocycles. The summed E-state index contributed by atoms with van der Waals surface area (Å²) in [5, 5.41) is 1.98. The highest BCUT2D eigenvalue weighted by Gasteiger charge is 2.23. The van der Waals surface area contributed by atoms with E-state index in [0.717, 1.165) is 36.6 Å². The van der Waals surface area contributed by atoms with Crippen LogP contribution in [0.4, 0.5) is 5.69 Å². The molecule has 1 aliphatic heterocycles. The summed E-state index contributed by atoms with van der Waals surface area (Å²) < 4.78 is 0. The predicted molar refractivity (Wildman–Crippen MR) is 81.4 cm³/mol. The third-order valence-electron chi connectivity index (χ3n) is 3.65. The molecule has 0 aromatic carbocycles. The lowest BCUT2D eigenvalue weighted by atomic mass is 10.2. The number of pyridine rings is 1. The Kier molecular flexibility index (Phi) is 3.69. The van der Waals surface area contributed by atoms with Crippen molar-refractivity contribution in [2.24, 2.45) is 0 Å². The fourth-order valence-electron chi connectivity index (χ4n) is 2.46. The Labute approximate surface area is 122 Å². The molecular weight excluding hydrogens is 270 g/mol. The molecule has 5 heteroatoms. The minimum atomic E-state index is 0.173. The van der Waals surface area contributed by atoms with E-state index in [1.165, 1.54) is 17.0 Å². The van der Waals surface area contributed by atoms with Gasteiger partial charge in [-0.25, -0.2) is 0 Å². The first-order valence-electron chi connectivity index (χ1n) is 6.74. The fraction of sp³-hybridized carbons (Fsp3) is 0.333. The minimum Gasteiger partial charge on any atom is -0.368 e. The Bertz CT molecular complexity index is 588. The average molecular weight is 287 g/mol.